The van der Waals surface area contributed by atoms with Gasteiger partial charge >= 0.3 is 0 Å². The highest BCUT2D eigenvalue weighted by Gasteiger charge is 2.34. The fourth-order valence-electron chi connectivity index (χ4n) is 3.81. The molecule has 6 heteroatoms. The molecule has 30 heavy (non-hydrogen) atoms. The molecule has 0 saturated heterocycles. The SMILES string of the molecule is CCC(C)N(CC(=O)N1CCc2sccc2C1COc1ccccc1)C(=O)C(C)C. The van der Waals surface area contributed by atoms with Gasteiger partial charge in [-0.1, -0.05) is 39.0 Å². The molecule has 1 aliphatic heterocycles. The number of hydrogen-bond acceptors (Lipinski definition) is 4. The van der Waals surface area contributed by atoms with Gasteiger partial charge in [0, 0.05) is 23.4 Å². The van der Waals surface area contributed by atoms with E-state index in [0.29, 0.717) is 13.2 Å². The van der Waals surface area contributed by atoms with Gasteiger partial charge in [0.25, 0.3) is 0 Å². The second-order valence-electron chi connectivity index (χ2n) is 8.15. The number of para-hydroxylation sites is 1. The van der Waals surface area contributed by atoms with Crippen molar-refractivity contribution in [3.8, 4) is 5.75 Å². The van der Waals surface area contributed by atoms with Gasteiger partial charge in [0.2, 0.25) is 11.8 Å². The van der Waals surface area contributed by atoms with Crippen molar-refractivity contribution in [2.45, 2.75) is 52.6 Å². The first kappa shape index (κ1) is 22.3. The minimum atomic E-state index is -0.138. The maximum atomic E-state index is 13.4. The standard InChI is InChI=1S/C24H32N2O3S/c1-5-18(4)26(24(28)17(2)3)15-23(27)25-13-11-22-20(12-14-30-22)21(25)16-29-19-9-7-6-8-10-19/h6-10,12,14,17-18,21H,5,11,13,15-16H2,1-4H3. The van der Waals surface area contributed by atoms with Crippen LogP contribution in [-0.2, 0) is 16.0 Å². The van der Waals surface area contributed by atoms with Crippen molar-refractivity contribution in [1.29, 1.82) is 0 Å². The number of thiophene rings is 1. The molecule has 2 aromatic rings. The van der Waals surface area contributed by atoms with Gasteiger partial charge in [0.15, 0.2) is 0 Å². The van der Waals surface area contributed by atoms with E-state index in [9.17, 15) is 9.59 Å². The largest absolute Gasteiger partial charge is 0.491 e. The maximum Gasteiger partial charge on any atom is 0.242 e. The lowest BCUT2D eigenvalue weighted by molar-refractivity contribution is -0.146. The third-order valence-corrected chi connectivity index (χ3v) is 6.77. The van der Waals surface area contributed by atoms with E-state index < -0.39 is 0 Å². The number of ether oxygens (including phenoxy) is 1. The molecule has 1 aromatic carbocycles. The van der Waals surface area contributed by atoms with Crippen LogP contribution < -0.4 is 4.74 Å². The Bertz CT molecular complexity index is 849. The van der Waals surface area contributed by atoms with E-state index in [-0.39, 0.29) is 36.4 Å². The second kappa shape index (κ2) is 10.1. The zero-order valence-electron chi connectivity index (χ0n) is 18.3. The Kier molecular flexibility index (Phi) is 7.53. The van der Waals surface area contributed by atoms with Crippen LogP contribution in [0.4, 0.5) is 0 Å². The van der Waals surface area contributed by atoms with Crippen LogP contribution >= 0.6 is 11.3 Å². The predicted molar refractivity (Wildman–Crippen MR) is 121 cm³/mol. The molecule has 2 amide bonds. The Morgan fingerprint density at radius 1 is 1.20 bits per heavy atom. The van der Waals surface area contributed by atoms with Crippen molar-refractivity contribution in [1.82, 2.24) is 9.80 Å². The average Bonchev–Trinajstić information content (AvgIpc) is 3.24. The summed E-state index contributed by atoms with van der Waals surface area (Å²) in [4.78, 5) is 31.1. The number of rotatable bonds is 8. The molecule has 2 atom stereocenters. The van der Waals surface area contributed by atoms with Gasteiger partial charge in [0.05, 0.1) is 6.04 Å². The zero-order valence-corrected chi connectivity index (χ0v) is 19.2. The van der Waals surface area contributed by atoms with Crippen LogP contribution in [0.2, 0.25) is 0 Å². The van der Waals surface area contributed by atoms with Gasteiger partial charge in [-0.2, -0.15) is 0 Å². The van der Waals surface area contributed by atoms with Crippen molar-refractivity contribution in [2.75, 3.05) is 19.7 Å². The van der Waals surface area contributed by atoms with Crippen LogP contribution in [0, 0.1) is 5.92 Å². The molecule has 2 heterocycles. The van der Waals surface area contributed by atoms with Crippen molar-refractivity contribution >= 4 is 23.2 Å². The smallest absolute Gasteiger partial charge is 0.242 e. The highest BCUT2D eigenvalue weighted by Crippen LogP contribution is 2.34. The molecule has 0 bridgehead atoms. The van der Waals surface area contributed by atoms with Crippen molar-refractivity contribution in [3.05, 3.63) is 52.2 Å². The van der Waals surface area contributed by atoms with Crippen molar-refractivity contribution in [2.24, 2.45) is 5.92 Å². The van der Waals surface area contributed by atoms with Gasteiger partial charge in [-0.15, -0.1) is 11.3 Å². The molecule has 2 unspecified atom stereocenters. The molecule has 1 aliphatic rings. The van der Waals surface area contributed by atoms with Crippen molar-refractivity contribution in [3.63, 3.8) is 0 Å². The van der Waals surface area contributed by atoms with E-state index in [4.69, 9.17) is 4.74 Å². The molecule has 0 radical (unpaired) electrons. The predicted octanol–water partition coefficient (Wildman–Crippen LogP) is 4.54. The van der Waals surface area contributed by atoms with E-state index in [1.165, 1.54) is 10.4 Å². The van der Waals surface area contributed by atoms with E-state index in [1.54, 1.807) is 16.2 Å². The first-order valence-corrected chi connectivity index (χ1v) is 11.6. The fourth-order valence-corrected chi connectivity index (χ4v) is 4.73. The Hall–Kier alpha value is -2.34. The van der Waals surface area contributed by atoms with E-state index in [2.05, 4.69) is 11.4 Å². The van der Waals surface area contributed by atoms with Gasteiger partial charge in [-0.25, -0.2) is 0 Å². The number of amides is 2. The highest BCUT2D eigenvalue weighted by molar-refractivity contribution is 7.10. The summed E-state index contributed by atoms with van der Waals surface area (Å²) < 4.78 is 6.04. The molecule has 162 valence electrons. The quantitative estimate of drug-likeness (QED) is 0.620. The Morgan fingerprint density at radius 2 is 1.93 bits per heavy atom. The molecule has 0 spiro atoms. The number of nitrogens with zero attached hydrogens (tertiary/aromatic N) is 2. The summed E-state index contributed by atoms with van der Waals surface area (Å²) in [6.07, 6.45) is 1.67. The molecule has 5 nitrogen and oxygen atoms in total. The Morgan fingerprint density at radius 3 is 2.60 bits per heavy atom. The molecule has 0 aliphatic carbocycles. The summed E-state index contributed by atoms with van der Waals surface area (Å²) in [5.41, 5.74) is 1.17. The Balaban J connectivity index is 1.79. The molecular formula is C24H32N2O3S. The second-order valence-corrected chi connectivity index (χ2v) is 9.15. The Labute approximate surface area is 183 Å². The van der Waals surface area contributed by atoms with Crippen LogP contribution in [0.15, 0.2) is 41.8 Å². The van der Waals surface area contributed by atoms with Crippen LogP contribution in [-0.4, -0.2) is 47.4 Å². The lowest BCUT2D eigenvalue weighted by atomic mass is 10.00. The number of benzene rings is 1. The van der Waals surface area contributed by atoms with Crippen LogP contribution in [0.25, 0.3) is 0 Å². The van der Waals surface area contributed by atoms with Crippen LogP contribution in [0.1, 0.15) is 50.6 Å². The van der Waals surface area contributed by atoms with E-state index >= 15 is 0 Å². The number of hydrogen-bond donors (Lipinski definition) is 0. The van der Waals surface area contributed by atoms with Gasteiger partial charge in [0.1, 0.15) is 18.9 Å². The summed E-state index contributed by atoms with van der Waals surface area (Å²) >= 11 is 1.74. The lowest BCUT2D eigenvalue weighted by Gasteiger charge is -2.38. The van der Waals surface area contributed by atoms with Crippen LogP contribution in [0.3, 0.4) is 0 Å². The lowest BCUT2D eigenvalue weighted by Crippen LogP contribution is -2.50. The first-order valence-electron chi connectivity index (χ1n) is 10.8. The minimum Gasteiger partial charge on any atom is -0.491 e. The summed E-state index contributed by atoms with van der Waals surface area (Å²) in [5, 5.41) is 2.09. The molecule has 0 fully saturated rings. The van der Waals surface area contributed by atoms with Gasteiger partial charge < -0.3 is 14.5 Å². The zero-order chi connectivity index (χ0) is 21.7. The van der Waals surface area contributed by atoms with E-state index in [0.717, 1.165) is 18.6 Å². The molecule has 0 saturated carbocycles. The normalized spacial score (nSPS) is 16.8. The number of carbonyl (C=O) groups is 2. The molecule has 0 N–H and O–H groups in total. The molecule has 1 aromatic heterocycles. The van der Waals surface area contributed by atoms with E-state index in [1.807, 2.05) is 62.9 Å². The van der Waals surface area contributed by atoms with Gasteiger partial charge in [-0.05, 0) is 48.9 Å². The van der Waals surface area contributed by atoms with Gasteiger partial charge in [-0.3, -0.25) is 9.59 Å². The summed E-state index contributed by atoms with van der Waals surface area (Å²) in [6, 6.07) is 11.7. The maximum absolute atomic E-state index is 13.4. The molecular weight excluding hydrogens is 396 g/mol. The average molecular weight is 429 g/mol. The fraction of sp³-hybridized carbons (Fsp3) is 0.500. The minimum absolute atomic E-state index is 0.0113. The first-order chi connectivity index (χ1) is 14.4. The number of carbonyl (C=O) groups excluding carboxylic acids is 2. The third kappa shape index (κ3) is 5.04. The van der Waals surface area contributed by atoms with Crippen molar-refractivity contribution < 1.29 is 14.3 Å². The topological polar surface area (TPSA) is 49.9 Å². The van der Waals surface area contributed by atoms with Crippen LogP contribution in [0.5, 0.6) is 5.75 Å². The highest BCUT2D eigenvalue weighted by atomic mass is 32.1. The monoisotopic (exact) mass is 428 g/mol. The summed E-state index contributed by atoms with van der Waals surface area (Å²) in [7, 11) is 0. The summed E-state index contributed by atoms with van der Waals surface area (Å²) in [5.74, 6) is 0.683. The third-order valence-electron chi connectivity index (χ3n) is 5.77. The summed E-state index contributed by atoms with van der Waals surface area (Å²) in [6.45, 7) is 9.00. The molecule has 3 rings (SSSR count). The number of fused-ring (bicyclic) bond motifs is 1.